The molecule has 1 N–H and O–H groups in total. The zero-order chi connectivity index (χ0) is 19.9. The SMILES string of the molecule is CN(C)Cc1ccc(CSCCNS(=O)(=O)Cc2ccccc2[N+](=O)[O-])o1. The van der Waals surface area contributed by atoms with E-state index in [0.717, 1.165) is 18.1 Å². The average Bonchev–Trinajstić information content (AvgIpc) is 3.01. The standard InChI is InChI=1S/C17H23N3O5S2/c1-19(2)11-15-7-8-16(25-15)12-26-10-9-18-27(23,24)13-14-5-3-4-6-17(14)20(21)22/h3-8,18H,9-13H2,1-2H3. The molecule has 10 heteroatoms. The maximum Gasteiger partial charge on any atom is 0.273 e. The summed E-state index contributed by atoms with van der Waals surface area (Å²) in [6, 6.07) is 9.71. The normalized spacial score (nSPS) is 11.8. The molecule has 0 spiro atoms. The maximum atomic E-state index is 12.1. The minimum absolute atomic E-state index is 0.173. The highest BCUT2D eigenvalue weighted by molar-refractivity contribution is 7.98. The van der Waals surface area contributed by atoms with Gasteiger partial charge < -0.3 is 9.32 Å². The number of nitrogens with one attached hydrogen (secondary N) is 1. The van der Waals surface area contributed by atoms with Gasteiger partial charge in [-0.25, -0.2) is 13.1 Å². The zero-order valence-electron chi connectivity index (χ0n) is 15.3. The van der Waals surface area contributed by atoms with Gasteiger partial charge >= 0.3 is 0 Å². The highest BCUT2D eigenvalue weighted by Gasteiger charge is 2.19. The summed E-state index contributed by atoms with van der Waals surface area (Å²) < 4.78 is 32.5. The van der Waals surface area contributed by atoms with Crippen LogP contribution in [0.15, 0.2) is 40.8 Å². The fourth-order valence-electron chi connectivity index (χ4n) is 2.41. The Bertz CT molecular complexity index is 865. The fourth-order valence-corrected chi connectivity index (χ4v) is 4.45. The molecule has 148 valence electrons. The number of sulfonamides is 1. The van der Waals surface area contributed by atoms with Crippen molar-refractivity contribution in [3.8, 4) is 0 Å². The van der Waals surface area contributed by atoms with E-state index in [1.54, 1.807) is 17.8 Å². The van der Waals surface area contributed by atoms with Crippen molar-refractivity contribution in [2.24, 2.45) is 0 Å². The number of hydrogen-bond donors (Lipinski definition) is 1. The van der Waals surface area contributed by atoms with Crippen LogP contribution in [-0.2, 0) is 28.1 Å². The molecule has 0 aliphatic rings. The highest BCUT2D eigenvalue weighted by atomic mass is 32.2. The predicted octanol–water partition coefficient (Wildman–Crippen LogP) is 2.60. The molecule has 1 aromatic carbocycles. The van der Waals surface area contributed by atoms with Crippen molar-refractivity contribution in [2.75, 3.05) is 26.4 Å². The van der Waals surface area contributed by atoms with Gasteiger partial charge in [-0.05, 0) is 26.2 Å². The van der Waals surface area contributed by atoms with E-state index in [9.17, 15) is 18.5 Å². The van der Waals surface area contributed by atoms with Crippen LogP contribution < -0.4 is 4.72 Å². The number of furan rings is 1. The minimum Gasteiger partial charge on any atom is -0.464 e. The number of nitro groups is 1. The second kappa shape index (κ2) is 9.88. The average molecular weight is 414 g/mol. The van der Waals surface area contributed by atoms with Crippen LogP contribution in [0.1, 0.15) is 17.1 Å². The van der Waals surface area contributed by atoms with Gasteiger partial charge in [0.2, 0.25) is 10.0 Å². The molecule has 0 bridgehead atoms. The van der Waals surface area contributed by atoms with Gasteiger partial charge in [0.1, 0.15) is 11.5 Å². The number of hydrogen-bond acceptors (Lipinski definition) is 7. The molecule has 0 amide bonds. The Morgan fingerprint density at radius 1 is 1.19 bits per heavy atom. The molecule has 2 rings (SSSR count). The Morgan fingerprint density at radius 3 is 2.59 bits per heavy atom. The molecule has 1 aromatic heterocycles. The lowest BCUT2D eigenvalue weighted by Crippen LogP contribution is -2.27. The van der Waals surface area contributed by atoms with Crippen LogP contribution in [0.25, 0.3) is 0 Å². The summed E-state index contributed by atoms with van der Waals surface area (Å²) in [4.78, 5) is 12.4. The van der Waals surface area contributed by atoms with E-state index >= 15 is 0 Å². The lowest BCUT2D eigenvalue weighted by molar-refractivity contribution is -0.385. The first-order chi connectivity index (χ1) is 12.8. The van der Waals surface area contributed by atoms with Gasteiger partial charge in [0.15, 0.2) is 0 Å². The van der Waals surface area contributed by atoms with Crippen LogP contribution in [0.4, 0.5) is 5.69 Å². The third-order valence-corrected chi connectivity index (χ3v) is 5.85. The van der Waals surface area contributed by atoms with Crippen molar-refractivity contribution >= 4 is 27.5 Å². The number of para-hydroxylation sites is 1. The van der Waals surface area contributed by atoms with E-state index in [4.69, 9.17) is 4.42 Å². The van der Waals surface area contributed by atoms with Crippen molar-refractivity contribution in [3.63, 3.8) is 0 Å². The summed E-state index contributed by atoms with van der Waals surface area (Å²) >= 11 is 1.55. The van der Waals surface area contributed by atoms with E-state index in [0.29, 0.717) is 11.5 Å². The second-order valence-corrected chi connectivity index (χ2v) is 9.11. The van der Waals surface area contributed by atoms with Crippen LogP contribution >= 0.6 is 11.8 Å². The molecule has 27 heavy (non-hydrogen) atoms. The van der Waals surface area contributed by atoms with Crippen LogP contribution in [0.5, 0.6) is 0 Å². The second-order valence-electron chi connectivity index (χ2n) is 6.20. The van der Waals surface area contributed by atoms with E-state index in [1.807, 2.05) is 31.1 Å². The third kappa shape index (κ3) is 7.33. The Hall–Kier alpha value is -1.88. The van der Waals surface area contributed by atoms with Gasteiger partial charge in [0, 0.05) is 23.9 Å². The Morgan fingerprint density at radius 2 is 1.89 bits per heavy atom. The maximum absolute atomic E-state index is 12.1. The molecule has 0 saturated heterocycles. The van der Waals surface area contributed by atoms with Gasteiger partial charge in [-0.15, -0.1) is 0 Å². The number of nitro benzene ring substituents is 1. The molecule has 8 nitrogen and oxygen atoms in total. The Labute approximate surface area is 163 Å². The molecule has 2 aromatic rings. The van der Waals surface area contributed by atoms with E-state index in [2.05, 4.69) is 4.72 Å². The monoisotopic (exact) mass is 413 g/mol. The minimum atomic E-state index is -3.64. The van der Waals surface area contributed by atoms with Crippen LogP contribution in [0.2, 0.25) is 0 Å². The number of rotatable bonds is 11. The quantitative estimate of drug-likeness (QED) is 0.343. The molecule has 0 aliphatic carbocycles. The van der Waals surface area contributed by atoms with Gasteiger partial charge in [-0.1, -0.05) is 18.2 Å². The number of benzene rings is 1. The van der Waals surface area contributed by atoms with Crippen molar-refractivity contribution < 1.29 is 17.8 Å². The van der Waals surface area contributed by atoms with Gasteiger partial charge in [-0.3, -0.25) is 10.1 Å². The molecular weight excluding hydrogens is 390 g/mol. The van der Waals surface area contributed by atoms with Crippen molar-refractivity contribution in [3.05, 3.63) is 63.6 Å². The summed E-state index contributed by atoms with van der Waals surface area (Å²) in [5.74, 6) is 2.54. The molecular formula is C17H23N3O5S2. The summed E-state index contributed by atoms with van der Waals surface area (Å²) in [7, 11) is 0.289. The van der Waals surface area contributed by atoms with Crippen LogP contribution in [0.3, 0.4) is 0 Å². The third-order valence-electron chi connectivity index (χ3n) is 3.54. The Kier molecular flexibility index (Phi) is 7.84. The number of nitrogens with zero attached hydrogens (tertiary/aromatic N) is 2. The van der Waals surface area contributed by atoms with Crippen molar-refractivity contribution in [1.29, 1.82) is 0 Å². The van der Waals surface area contributed by atoms with Gasteiger partial charge in [0.05, 0.1) is 23.0 Å². The summed E-state index contributed by atoms with van der Waals surface area (Å²) in [6.07, 6.45) is 0. The lowest BCUT2D eigenvalue weighted by Gasteiger charge is -2.07. The van der Waals surface area contributed by atoms with Crippen molar-refractivity contribution in [2.45, 2.75) is 18.1 Å². The predicted molar refractivity (Wildman–Crippen MR) is 106 cm³/mol. The highest BCUT2D eigenvalue weighted by Crippen LogP contribution is 2.20. The lowest BCUT2D eigenvalue weighted by atomic mass is 10.2. The van der Waals surface area contributed by atoms with Crippen LogP contribution in [0, 0.1) is 10.1 Å². The molecule has 1 heterocycles. The van der Waals surface area contributed by atoms with E-state index in [-0.39, 0.29) is 17.8 Å². The molecule has 0 unspecified atom stereocenters. The largest absolute Gasteiger partial charge is 0.464 e. The zero-order valence-corrected chi connectivity index (χ0v) is 16.9. The first-order valence-corrected chi connectivity index (χ1v) is 11.1. The smallest absolute Gasteiger partial charge is 0.273 e. The molecule has 0 fully saturated rings. The first kappa shape index (κ1) is 21.4. The van der Waals surface area contributed by atoms with Crippen LogP contribution in [-0.4, -0.2) is 44.6 Å². The molecule has 0 atom stereocenters. The molecule has 0 radical (unpaired) electrons. The Balaban J connectivity index is 1.76. The topological polar surface area (TPSA) is 106 Å². The fraction of sp³-hybridized carbons (Fsp3) is 0.412. The summed E-state index contributed by atoms with van der Waals surface area (Å²) in [5, 5.41) is 11.0. The van der Waals surface area contributed by atoms with E-state index < -0.39 is 20.7 Å². The van der Waals surface area contributed by atoms with E-state index in [1.165, 1.54) is 18.2 Å². The van der Waals surface area contributed by atoms with Gasteiger partial charge in [-0.2, -0.15) is 11.8 Å². The number of thioether (sulfide) groups is 1. The molecule has 0 aliphatic heterocycles. The first-order valence-electron chi connectivity index (χ1n) is 8.26. The summed E-state index contributed by atoms with van der Waals surface area (Å²) in [5.41, 5.74) is -0.0183. The molecule has 0 saturated carbocycles. The van der Waals surface area contributed by atoms with Gasteiger partial charge in [0.25, 0.3) is 5.69 Å². The summed E-state index contributed by atoms with van der Waals surface area (Å²) in [6.45, 7) is 0.981. The van der Waals surface area contributed by atoms with Crippen molar-refractivity contribution in [1.82, 2.24) is 9.62 Å².